The van der Waals surface area contributed by atoms with E-state index in [9.17, 15) is 0 Å². The highest BCUT2D eigenvalue weighted by Gasteiger charge is 2.31. The second kappa shape index (κ2) is 6.67. The summed E-state index contributed by atoms with van der Waals surface area (Å²) in [6, 6.07) is 6.71. The second-order valence-electron chi connectivity index (χ2n) is 6.27. The van der Waals surface area contributed by atoms with Crippen LogP contribution in [0.1, 0.15) is 39.7 Å². The Hall–Kier alpha value is -1.26. The van der Waals surface area contributed by atoms with Crippen molar-refractivity contribution < 1.29 is 9.47 Å². The summed E-state index contributed by atoms with van der Waals surface area (Å²) < 4.78 is 10.8. The Kier molecular flexibility index (Phi) is 5.12. The SMILES string of the molecule is CCN(C(C)C)C(C)(CN)CCc1ccc2c(c1)OCO2. The van der Waals surface area contributed by atoms with E-state index in [1.807, 2.05) is 6.07 Å². The zero-order valence-electron chi connectivity index (χ0n) is 13.7. The summed E-state index contributed by atoms with van der Waals surface area (Å²) in [7, 11) is 0. The van der Waals surface area contributed by atoms with Gasteiger partial charge < -0.3 is 15.2 Å². The zero-order valence-corrected chi connectivity index (χ0v) is 13.7. The molecule has 4 heteroatoms. The quantitative estimate of drug-likeness (QED) is 0.839. The van der Waals surface area contributed by atoms with Crippen LogP contribution < -0.4 is 15.2 Å². The van der Waals surface area contributed by atoms with E-state index in [2.05, 4.69) is 44.7 Å². The lowest BCUT2D eigenvalue weighted by atomic mass is 9.90. The largest absolute Gasteiger partial charge is 0.454 e. The molecule has 2 rings (SSSR count). The Bertz CT molecular complexity index is 476. The van der Waals surface area contributed by atoms with Gasteiger partial charge in [-0.25, -0.2) is 0 Å². The molecule has 1 heterocycles. The van der Waals surface area contributed by atoms with Crippen molar-refractivity contribution in [2.24, 2.45) is 5.73 Å². The summed E-state index contributed by atoms with van der Waals surface area (Å²) in [6.07, 6.45) is 2.03. The molecule has 4 nitrogen and oxygen atoms in total. The average molecular weight is 292 g/mol. The maximum Gasteiger partial charge on any atom is 0.231 e. The molecule has 1 unspecified atom stereocenters. The van der Waals surface area contributed by atoms with Gasteiger partial charge in [0.25, 0.3) is 0 Å². The summed E-state index contributed by atoms with van der Waals surface area (Å²) in [5.41, 5.74) is 7.39. The summed E-state index contributed by atoms with van der Waals surface area (Å²) in [4.78, 5) is 2.49. The molecular formula is C17H28N2O2. The van der Waals surface area contributed by atoms with Gasteiger partial charge in [-0.3, -0.25) is 4.90 Å². The molecule has 1 atom stereocenters. The van der Waals surface area contributed by atoms with E-state index in [4.69, 9.17) is 15.2 Å². The average Bonchev–Trinajstić information content (AvgIpc) is 2.93. The van der Waals surface area contributed by atoms with Gasteiger partial charge in [0.2, 0.25) is 6.79 Å². The van der Waals surface area contributed by atoms with Crippen molar-refractivity contribution in [2.45, 2.75) is 52.1 Å². The monoisotopic (exact) mass is 292 g/mol. The molecule has 0 saturated carbocycles. The van der Waals surface area contributed by atoms with E-state index in [0.717, 1.165) is 30.9 Å². The molecule has 0 aromatic heterocycles. The lowest BCUT2D eigenvalue weighted by molar-refractivity contribution is 0.0749. The third-order valence-corrected chi connectivity index (χ3v) is 4.49. The lowest BCUT2D eigenvalue weighted by Gasteiger charge is -2.43. The minimum Gasteiger partial charge on any atom is -0.454 e. The first kappa shape index (κ1) is 16.1. The molecule has 0 saturated heterocycles. The molecule has 1 aromatic rings. The first-order valence-electron chi connectivity index (χ1n) is 7.85. The molecule has 1 aliphatic heterocycles. The number of benzene rings is 1. The Morgan fingerprint density at radius 2 is 2.00 bits per heavy atom. The van der Waals surface area contributed by atoms with Crippen LogP contribution in [0.25, 0.3) is 0 Å². The van der Waals surface area contributed by atoms with Gasteiger partial charge in [0.15, 0.2) is 11.5 Å². The number of rotatable bonds is 7. The maximum absolute atomic E-state index is 6.09. The predicted molar refractivity (Wildman–Crippen MR) is 85.9 cm³/mol. The first-order valence-corrected chi connectivity index (χ1v) is 7.85. The van der Waals surface area contributed by atoms with E-state index in [0.29, 0.717) is 19.4 Å². The number of hydrogen-bond acceptors (Lipinski definition) is 4. The van der Waals surface area contributed by atoms with Crippen molar-refractivity contribution >= 4 is 0 Å². The highest BCUT2D eigenvalue weighted by atomic mass is 16.7. The predicted octanol–water partition coefficient (Wildman–Crippen LogP) is 2.80. The molecule has 0 fully saturated rings. The van der Waals surface area contributed by atoms with Crippen LogP contribution >= 0.6 is 0 Å². The molecule has 21 heavy (non-hydrogen) atoms. The van der Waals surface area contributed by atoms with E-state index in [1.54, 1.807) is 0 Å². The summed E-state index contributed by atoms with van der Waals surface area (Å²) in [6.45, 7) is 11.0. The van der Waals surface area contributed by atoms with Gasteiger partial charge >= 0.3 is 0 Å². The smallest absolute Gasteiger partial charge is 0.231 e. The summed E-state index contributed by atoms with van der Waals surface area (Å²) in [5.74, 6) is 1.70. The van der Waals surface area contributed by atoms with Crippen molar-refractivity contribution in [3.8, 4) is 11.5 Å². The standard InChI is InChI=1S/C17H28N2O2/c1-5-19(13(2)3)17(4,11-18)9-8-14-6-7-15-16(10-14)21-12-20-15/h6-7,10,13H,5,8-9,11-12,18H2,1-4H3. The minimum atomic E-state index is 0.0271. The zero-order chi connectivity index (χ0) is 15.5. The maximum atomic E-state index is 6.09. The summed E-state index contributed by atoms with van der Waals surface area (Å²) >= 11 is 0. The van der Waals surface area contributed by atoms with Crippen LogP contribution in [0.4, 0.5) is 0 Å². The highest BCUT2D eigenvalue weighted by Crippen LogP contribution is 2.33. The van der Waals surface area contributed by atoms with Gasteiger partial charge in [0.1, 0.15) is 0 Å². The Balaban J connectivity index is 2.05. The minimum absolute atomic E-state index is 0.0271. The van der Waals surface area contributed by atoms with Crippen LogP contribution in [0, 0.1) is 0 Å². The van der Waals surface area contributed by atoms with Crippen LogP contribution in [0.3, 0.4) is 0 Å². The first-order chi connectivity index (χ1) is 10.00. The fourth-order valence-corrected chi connectivity index (χ4v) is 3.24. The van der Waals surface area contributed by atoms with Crippen LogP contribution in [0.5, 0.6) is 11.5 Å². The Morgan fingerprint density at radius 3 is 2.62 bits per heavy atom. The molecule has 1 aliphatic rings. The van der Waals surface area contributed by atoms with E-state index >= 15 is 0 Å². The topological polar surface area (TPSA) is 47.7 Å². The molecule has 2 N–H and O–H groups in total. The molecule has 0 amide bonds. The fraction of sp³-hybridized carbons (Fsp3) is 0.647. The number of aryl methyl sites for hydroxylation is 1. The van der Waals surface area contributed by atoms with Crippen LogP contribution in [-0.4, -0.2) is 36.4 Å². The van der Waals surface area contributed by atoms with Gasteiger partial charge in [-0.2, -0.15) is 0 Å². The van der Waals surface area contributed by atoms with Crippen molar-refractivity contribution in [1.29, 1.82) is 0 Å². The molecule has 118 valence electrons. The third-order valence-electron chi connectivity index (χ3n) is 4.49. The van der Waals surface area contributed by atoms with Crippen LogP contribution in [-0.2, 0) is 6.42 Å². The second-order valence-corrected chi connectivity index (χ2v) is 6.27. The molecule has 0 spiro atoms. The van der Waals surface area contributed by atoms with Crippen LogP contribution in [0.15, 0.2) is 18.2 Å². The van der Waals surface area contributed by atoms with E-state index in [1.165, 1.54) is 5.56 Å². The van der Waals surface area contributed by atoms with Gasteiger partial charge in [0, 0.05) is 18.1 Å². The van der Waals surface area contributed by atoms with Gasteiger partial charge in [0.05, 0.1) is 0 Å². The summed E-state index contributed by atoms with van der Waals surface area (Å²) in [5, 5.41) is 0. The third kappa shape index (κ3) is 3.50. The number of likely N-dealkylation sites (N-methyl/N-ethyl adjacent to an activating group) is 1. The molecule has 1 aromatic carbocycles. The number of fused-ring (bicyclic) bond motifs is 1. The van der Waals surface area contributed by atoms with Crippen molar-refractivity contribution in [3.05, 3.63) is 23.8 Å². The molecular weight excluding hydrogens is 264 g/mol. The normalized spacial score (nSPS) is 16.5. The fourth-order valence-electron chi connectivity index (χ4n) is 3.24. The van der Waals surface area contributed by atoms with Gasteiger partial charge in [-0.15, -0.1) is 0 Å². The Morgan fingerprint density at radius 1 is 1.29 bits per heavy atom. The van der Waals surface area contributed by atoms with Crippen LogP contribution in [0.2, 0.25) is 0 Å². The molecule has 0 radical (unpaired) electrons. The van der Waals surface area contributed by atoms with Crippen molar-refractivity contribution in [1.82, 2.24) is 4.90 Å². The number of nitrogens with two attached hydrogens (primary N) is 1. The Labute approximate surface area is 128 Å². The van der Waals surface area contributed by atoms with E-state index in [-0.39, 0.29) is 5.54 Å². The van der Waals surface area contributed by atoms with Gasteiger partial charge in [-0.05, 0) is 57.9 Å². The van der Waals surface area contributed by atoms with Crippen molar-refractivity contribution in [2.75, 3.05) is 19.9 Å². The van der Waals surface area contributed by atoms with Crippen molar-refractivity contribution in [3.63, 3.8) is 0 Å². The van der Waals surface area contributed by atoms with E-state index < -0.39 is 0 Å². The molecule has 0 aliphatic carbocycles. The highest BCUT2D eigenvalue weighted by molar-refractivity contribution is 5.44. The lowest BCUT2D eigenvalue weighted by Crippen LogP contribution is -2.54. The number of hydrogen-bond donors (Lipinski definition) is 1. The molecule has 0 bridgehead atoms. The number of ether oxygens (including phenoxy) is 2. The van der Waals surface area contributed by atoms with Gasteiger partial charge in [-0.1, -0.05) is 13.0 Å². The number of nitrogens with zero attached hydrogens (tertiary/aromatic N) is 1.